The van der Waals surface area contributed by atoms with Crippen molar-refractivity contribution >= 4 is 64.6 Å². The molecule has 0 bridgehead atoms. The first-order chi connectivity index (χ1) is 34.0. The van der Waals surface area contributed by atoms with Gasteiger partial charge in [-0.2, -0.15) is 0 Å². The fraction of sp³-hybridized carbons (Fsp3) is 0.143. The van der Waals surface area contributed by atoms with Gasteiger partial charge < -0.3 is 0 Å². The molecule has 0 saturated heterocycles. The maximum Gasteiger partial charge on any atom is 0.0164 e. The van der Waals surface area contributed by atoms with Gasteiger partial charge in [0, 0.05) is 5.41 Å². The van der Waals surface area contributed by atoms with Crippen LogP contribution in [0.1, 0.15) is 69.5 Å². The largest absolute Gasteiger partial charge is 0.0616 e. The van der Waals surface area contributed by atoms with E-state index in [0.29, 0.717) is 0 Å². The van der Waals surface area contributed by atoms with Crippen molar-refractivity contribution in [3.8, 4) is 11.1 Å². The normalized spacial score (nSPS) is 11.5. The zero-order valence-corrected chi connectivity index (χ0v) is 42.0. The van der Waals surface area contributed by atoms with Gasteiger partial charge in [-0.05, 0) is 179 Å². The molecule has 0 aliphatic heterocycles. The van der Waals surface area contributed by atoms with Gasteiger partial charge in [0.15, 0.2) is 0 Å². The minimum Gasteiger partial charge on any atom is -0.0616 e. The summed E-state index contributed by atoms with van der Waals surface area (Å²) in [5, 5.41) is 16.0. The van der Waals surface area contributed by atoms with Gasteiger partial charge in [-0.25, -0.2) is 0 Å². The van der Waals surface area contributed by atoms with Crippen LogP contribution in [-0.2, 0) is 11.8 Å². The second kappa shape index (κ2) is 19.3. The maximum atomic E-state index is 2.37. The Morgan fingerprint density at radius 3 is 0.829 bits per heavy atom. The van der Waals surface area contributed by atoms with Gasteiger partial charge in [-0.1, -0.05) is 232 Å². The number of hydrogen-bond donors (Lipinski definition) is 0. The van der Waals surface area contributed by atoms with Crippen molar-refractivity contribution in [3.05, 3.63) is 274 Å². The van der Waals surface area contributed by atoms with Crippen LogP contribution in [0, 0.1) is 41.5 Å². The highest BCUT2D eigenvalue weighted by Gasteiger charge is 2.30. The lowest BCUT2D eigenvalue weighted by Crippen LogP contribution is -2.22. The minimum atomic E-state index is -0.0735. The third kappa shape index (κ3) is 8.65. The van der Waals surface area contributed by atoms with E-state index in [1.54, 1.807) is 0 Å². The number of hydrogen-bond acceptors (Lipinski definition) is 0. The Kier molecular flexibility index (Phi) is 12.7. The van der Waals surface area contributed by atoms with Crippen LogP contribution in [-0.4, -0.2) is 0 Å². The lowest BCUT2D eigenvalue weighted by atomic mass is 9.71. The molecular formula is C70H62. The van der Waals surface area contributed by atoms with Crippen molar-refractivity contribution in [1.82, 2.24) is 0 Å². The zero-order chi connectivity index (χ0) is 48.5. The quantitative estimate of drug-likeness (QED) is 0.161. The Balaban J connectivity index is 0.000000122. The van der Waals surface area contributed by atoms with Crippen LogP contribution in [0.4, 0.5) is 0 Å². The fourth-order valence-corrected chi connectivity index (χ4v) is 11.5. The van der Waals surface area contributed by atoms with E-state index < -0.39 is 0 Å². The summed E-state index contributed by atoms with van der Waals surface area (Å²) < 4.78 is 0. The van der Waals surface area contributed by atoms with E-state index in [4.69, 9.17) is 0 Å². The van der Waals surface area contributed by atoms with Crippen LogP contribution in [0.5, 0.6) is 0 Å². The van der Waals surface area contributed by atoms with Crippen LogP contribution in [0.3, 0.4) is 0 Å². The topological polar surface area (TPSA) is 0 Å². The average Bonchev–Trinajstić information content (AvgIpc) is 3.38. The van der Waals surface area contributed by atoms with Crippen molar-refractivity contribution in [1.29, 1.82) is 0 Å². The third-order valence-corrected chi connectivity index (χ3v) is 15.0. The van der Waals surface area contributed by atoms with Crippen LogP contribution >= 0.6 is 0 Å². The van der Waals surface area contributed by atoms with Crippen molar-refractivity contribution in [2.24, 2.45) is 0 Å². The number of benzene rings is 12. The van der Waals surface area contributed by atoms with E-state index >= 15 is 0 Å². The summed E-state index contributed by atoms with van der Waals surface area (Å²) >= 11 is 0. The van der Waals surface area contributed by atoms with E-state index in [1.807, 2.05) is 0 Å². The lowest BCUT2D eigenvalue weighted by Gasteiger charge is -2.32. The zero-order valence-electron chi connectivity index (χ0n) is 42.0. The second-order valence-electron chi connectivity index (χ2n) is 19.9. The number of rotatable bonds is 5. The maximum absolute atomic E-state index is 2.37. The standard InChI is InChI=1S/C25H24.C23H20.C22H18/c1-17-13-15-19-9-5-7-11-21(19)23(17)25(3,4)24-18(2)14-16-20-10-6-8-12-22(20)24;1-16-11-13-18-7-3-5-9-20(18)22(16)15-23-17(2)12-14-19-8-4-6-10-21(19)23;1-15-11-13-17-7-3-5-9-19(17)21(15)22-16(2)12-14-18-8-4-6-10-20(18)22/h5-16H,1-4H3;3-14H,15H2,1-2H3;3-14H,1-2H3. The molecule has 12 aromatic carbocycles. The Morgan fingerprint density at radius 2 is 0.486 bits per heavy atom. The van der Waals surface area contributed by atoms with Crippen molar-refractivity contribution in [2.45, 2.75) is 67.2 Å². The molecule has 70 heavy (non-hydrogen) atoms. The molecule has 0 heterocycles. The molecule has 0 unspecified atom stereocenters. The third-order valence-electron chi connectivity index (χ3n) is 15.0. The monoisotopic (exact) mass is 902 g/mol. The second-order valence-corrected chi connectivity index (χ2v) is 19.9. The summed E-state index contributed by atoms with van der Waals surface area (Å²) in [7, 11) is 0. The van der Waals surface area contributed by atoms with Gasteiger partial charge in [0.2, 0.25) is 0 Å². The molecular weight excluding hydrogens is 841 g/mol. The average molecular weight is 903 g/mol. The first kappa shape index (κ1) is 46.0. The Hall–Kier alpha value is -7.80. The Labute approximate surface area is 414 Å². The molecule has 342 valence electrons. The fourth-order valence-electron chi connectivity index (χ4n) is 11.5. The van der Waals surface area contributed by atoms with Crippen LogP contribution < -0.4 is 0 Å². The summed E-state index contributed by atoms with van der Waals surface area (Å²) in [6.07, 6.45) is 0.986. The summed E-state index contributed by atoms with van der Waals surface area (Å²) in [4.78, 5) is 0. The molecule has 12 aromatic rings. The first-order valence-electron chi connectivity index (χ1n) is 24.9. The van der Waals surface area contributed by atoms with Gasteiger partial charge in [0.1, 0.15) is 0 Å². The Morgan fingerprint density at radius 1 is 0.243 bits per heavy atom. The van der Waals surface area contributed by atoms with E-state index in [-0.39, 0.29) is 5.41 Å². The molecule has 0 nitrogen and oxygen atoms in total. The van der Waals surface area contributed by atoms with Gasteiger partial charge in [-0.15, -0.1) is 0 Å². The molecule has 0 saturated carbocycles. The molecule has 12 rings (SSSR count). The molecule has 0 fully saturated rings. The molecule has 0 heteroatoms. The van der Waals surface area contributed by atoms with E-state index in [2.05, 4.69) is 274 Å². The van der Waals surface area contributed by atoms with Crippen LogP contribution in [0.2, 0.25) is 0 Å². The Bertz CT molecular complexity index is 3650. The molecule has 0 N–H and O–H groups in total. The van der Waals surface area contributed by atoms with Gasteiger partial charge in [-0.3, -0.25) is 0 Å². The van der Waals surface area contributed by atoms with Crippen molar-refractivity contribution in [3.63, 3.8) is 0 Å². The first-order valence-corrected chi connectivity index (χ1v) is 24.9. The predicted octanol–water partition coefficient (Wildman–Crippen LogP) is 19.4. The molecule has 0 radical (unpaired) electrons. The molecule has 0 spiro atoms. The summed E-state index contributed by atoms with van der Waals surface area (Å²) in [6, 6.07) is 79.1. The summed E-state index contributed by atoms with van der Waals surface area (Å²) in [5.74, 6) is 0. The predicted molar refractivity (Wildman–Crippen MR) is 306 cm³/mol. The molecule has 0 amide bonds. The van der Waals surface area contributed by atoms with Crippen LogP contribution in [0.25, 0.3) is 75.8 Å². The highest BCUT2D eigenvalue weighted by molar-refractivity contribution is 6.07. The number of aryl methyl sites for hydroxylation is 6. The van der Waals surface area contributed by atoms with Gasteiger partial charge in [0.25, 0.3) is 0 Å². The molecule has 0 aliphatic carbocycles. The van der Waals surface area contributed by atoms with E-state index in [9.17, 15) is 0 Å². The molecule has 0 atom stereocenters. The number of fused-ring (bicyclic) bond motifs is 6. The summed E-state index contributed by atoms with van der Waals surface area (Å²) in [6.45, 7) is 18.1. The highest BCUT2D eigenvalue weighted by atomic mass is 14.3. The summed E-state index contributed by atoms with van der Waals surface area (Å²) in [5.41, 5.74) is 16.5. The van der Waals surface area contributed by atoms with Gasteiger partial charge >= 0.3 is 0 Å². The van der Waals surface area contributed by atoms with E-state index in [1.165, 1.54) is 131 Å². The molecule has 0 aromatic heterocycles. The minimum absolute atomic E-state index is 0.0735. The smallest absolute Gasteiger partial charge is 0.0164 e. The lowest BCUT2D eigenvalue weighted by molar-refractivity contribution is 0.644. The molecule has 0 aliphatic rings. The van der Waals surface area contributed by atoms with Crippen molar-refractivity contribution < 1.29 is 0 Å². The van der Waals surface area contributed by atoms with Crippen molar-refractivity contribution in [2.75, 3.05) is 0 Å². The van der Waals surface area contributed by atoms with Crippen LogP contribution in [0.15, 0.2) is 218 Å². The van der Waals surface area contributed by atoms with E-state index in [0.717, 1.165) is 6.42 Å². The SMILES string of the molecule is Cc1ccc2ccccc2c1-c1c(C)ccc2ccccc12.Cc1ccc2ccccc2c1C(C)(C)c1c(C)ccc2ccccc12.Cc1ccc2ccccc2c1Cc1c(C)ccc2ccccc12. The van der Waals surface area contributed by atoms with Gasteiger partial charge in [0.05, 0.1) is 0 Å². The highest BCUT2D eigenvalue weighted by Crippen LogP contribution is 2.43.